The fourth-order valence-corrected chi connectivity index (χ4v) is 4.24. The maximum atomic E-state index is 13.3. The second kappa shape index (κ2) is 9.51. The lowest BCUT2D eigenvalue weighted by atomic mass is 9.98. The summed E-state index contributed by atoms with van der Waals surface area (Å²) in [6.45, 7) is 10.3. The number of piperidine rings is 1. The molecule has 0 bridgehead atoms. The molecule has 1 amide bonds. The van der Waals surface area contributed by atoms with Crippen LogP contribution in [0.5, 0.6) is 0 Å². The van der Waals surface area contributed by atoms with Gasteiger partial charge in [-0.3, -0.25) is 9.48 Å². The van der Waals surface area contributed by atoms with Crippen LogP contribution in [-0.2, 0) is 11.3 Å². The molecule has 3 heterocycles. The number of amides is 1. The molecule has 2 saturated heterocycles. The molecule has 0 radical (unpaired) electrons. The zero-order valence-corrected chi connectivity index (χ0v) is 16.5. The number of hydrogen-bond acceptors (Lipinski definition) is 4. The normalized spacial score (nSPS) is 21.5. The number of hydrogen-bond donors (Lipinski definition) is 0. The molecule has 26 heavy (non-hydrogen) atoms. The Bertz CT molecular complexity index is 580. The van der Waals surface area contributed by atoms with Gasteiger partial charge in [0.05, 0.1) is 18.8 Å². The van der Waals surface area contributed by atoms with Crippen LogP contribution in [0.1, 0.15) is 61.6 Å². The van der Waals surface area contributed by atoms with Gasteiger partial charge in [0.2, 0.25) is 0 Å². The van der Waals surface area contributed by atoms with Gasteiger partial charge in [-0.1, -0.05) is 0 Å². The highest BCUT2D eigenvalue weighted by atomic mass is 16.5. The molecule has 6 heteroatoms. The second-order valence-electron chi connectivity index (χ2n) is 7.58. The van der Waals surface area contributed by atoms with Gasteiger partial charge in [0, 0.05) is 25.7 Å². The van der Waals surface area contributed by atoms with E-state index in [9.17, 15) is 4.79 Å². The molecular formula is C20H34N4O2. The van der Waals surface area contributed by atoms with Crippen LogP contribution < -0.4 is 0 Å². The number of aryl methyl sites for hydroxylation is 1. The molecule has 0 saturated carbocycles. The molecule has 0 spiro atoms. The minimum absolute atomic E-state index is 0.147. The summed E-state index contributed by atoms with van der Waals surface area (Å²) in [6, 6.07) is 2.30. The molecule has 146 valence electrons. The van der Waals surface area contributed by atoms with Crippen LogP contribution in [0, 0.1) is 6.92 Å². The summed E-state index contributed by atoms with van der Waals surface area (Å²) in [5.41, 5.74) is 1.62. The lowest BCUT2D eigenvalue weighted by molar-refractivity contribution is 0.0571. The minimum Gasteiger partial charge on any atom is -0.380 e. The Hall–Kier alpha value is -1.40. The van der Waals surface area contributed by atoms with E-state index in [-0.39, 0.29) is 5.91 Å². The Kier molecular flexibility index (Phi) is 7.08. The fourth-order valence-electron chi connectivity index (χ4n) is 4.24. The topological polar surface area (TPSA) is 50.6 Å². The van der Waals surface area contributed by atoms with Gasteiger partial charge in [0.1, 0.15) is 5.69 Å². The SMILES string of the molecule is CCOCCn1nc(C)cc1C(=O)N1CCCC[C@@H]1CCN1CCCC1. The average Bonchev–Trinajstić information content (AvgIpc) is 3.29. The van der Waals surface area contributed by atoms with E-state index in [1.54, 1.807) is 0 Å². The molecule has 3 rings (SSSR count). The number of aromatic nitrogens is 2. The smallest absolute Gasteiger partial charge is 0.272 e. The zero-order chi connectivity index (χ0) is 18.4. The molecule has 2 fully saturated rings. The summed E-state index contributed by atoms with van der Waals surface area (Å²) >= 11 is 0. The predicted molar refractivity (Wildman–Crippen MR) is 102 cm³/mol. The first-order chi connectivity index (χ1) is 12.7. The van der Waals surface area contributed by atoms with E-state index in [2.05, 4.69) is 14.9 Å². The molecule has 1 aromatic rings. The number of nitrogens with zero attached hydrogens (tertiary/aromatic N) is 4. The third-order valence-corrected chi connectivity index (χ3v) is 5.64. The highest BCUT2D eigenvalue weighted by Gasteiger charge is 2.30. The fraction of sp³-hybridized carbons (Fsp3) is 0.800. The van der Waals surface area contributed by atoms with E-state index in [0.29, 0.717) is 25.8 Å². The van der Waals surface area contributed by atoms with E-state index in [1.165, 1.54) is 32.4 Å². The monoisotopic (exact) mass is 362 g/mol. The maximum absolute atomic E-state index is 13.3. The number of carbonyl (C=O) groups excluding carboxylic acids is 1. The van der Waals surface area contributed by atoms with Crippen LogP contribution in [0.2, 0.25) is 0 Å². The summed E-state index contributed by atoms with van der Waals surface area (Å²) < 4.78 is 7.29. The Morgan fingerprint density at radius 2 is 1.96 bits per heavy atom. The summed E-state index contributed by atoms with van der Waals surface area (Å²) in [6.07, 6.45) is 7.22. The molecule has 1 aromatic heterocycles. The van der Waals surface area contributed by atoms with Crippen LogP contribution >= 0.6 is 0 Å². The highest BCUT2D eigenvalue weighted by Crippen LogP contribution is 2.23. The van der Waals surface area contributed by atoms with Crippen molar-refractivity contribution < 1.29 is 9.53 Å². The largest absolute Gasteiger partial charge is 0.380 e. The molecule has 0 N–H and O–H groups in total. The van der Waals surface area contributed by atoms with Crippen molar-refractivity contribution in [1.29, 1.82) is 0 Å². The van der Waals surface area contributed by atoms with E-state index < -0.39 is 0 Å². The van der Waals surface area contributed by atoms with Crippen molar-refractivity contribution in [2.24, 2.45) is 0 Å². The number of carbonyl (C=O) groups is 1. The molecule has 2 aliphatic heterocycles. The van der Waals surface area contributed by atoms with E-state index in [1.807, 2.05) is 24.6 Å². The number of ether oxygens (including phenoxy) is 1. The molecule has 2 aliphatic rings. The minimum atomic E-state index is 0.147. The molecule has 0 aromatic carbocycles. The van der Waals surface area contributed by atoms with Crippen molar-refractivity contribution in [2.75, 3.05) is 39.4 Å². The Morgan fingerprint density at radius 1 is 1.19 bits per heavy atom. The lowest BCUT2D eigenvalue weighted by Gasteiger charge is -2.36. The average molecular weight is 363 g/mol. The van der Waals surface area contributed by atoms with Crippen molar-refractivity contribution in [3.8, 4) is 0 Å². The van der Waals surface area contributed by atoms with Gasteiger partial charge in [-0.15, -0.1) is 0 Å². The van der Waals surface area contributed by atoms with E-state index in [0.717, 1.165) is 43.7 Å². The van der Waals surface area contributed by atoms with Gasteiger partial charge < -0.3 is 14.5 Å². The summed E-state index contributed by atoms with van der Waals surface area (Å²) in [5, 5.41) is 4.51. The first-order valence-corrected chi connectivity index (χ1v) is 10.3. The van der Waals surface area contributed by atoms with Crippen molar-refractivity contribution >= 4 is 5.91 Å². The second-order valence-corrected chi connectivity index (χ2v) is 7.58. The van der Waals surface area contributed by atoms with Crippen LogP contribution in [0.3, 0.4) is 0 Å². The zero-order valence-electron chi connectivity index (χ0n) is 16.5. The van der Waals surface area contributed by atoms with Gasteiger partial charge in [0.25, 0.3) is 5.91 Å². The third-order valence-electron chi connectivity index (χ3n) is 5.64. The summed E-state index contributed by atoms with van der Waals surface area (Å²) in [7, 11) is 0. The van der Waals surface area contributed by atoms with E-state index >= 15 is 0 Å². The maximum Gasteiger partial charge on any atom is 0.272 e. The van der Waals surface area contributed by atoms with Gasteiger partial charge in [-0.25, -0.2) is 0 Å². The van der Waals surface area contributed by atoms with Crippen molar-refractivity contribution in [3.63, 3.8) is 0 Å². The van der Waals surface area contributed by atoms with Crippen LogP contribution in [0.15, 0.2) is 6.07 Å². The Balaban J connectivity index is 1.65. The molecule has 6 nitrogen and oxygen atoms in total. The first kappa shape index (κ1) is 19.4. The highest BCUT2D eigenvalue weighted by molar-refractivity contribution is 5.93. The number of likely N-dealkylation sites (tertiary alicyclic amines) is 2. The van der Waals surface area contributed by atoms with Gasteiger partial charge in [-0.2, -0.15) is 5.10 Å². The molecule has 1 atom stereocenters. The van der Waals surface area contributed by atoms with Crippen LogP contribution in [-0.4, -0.2) is 70.9 Å². The van der Waals surface area contributed by atoms with Gasteiger partial charge in [-0.05, 0) is 71.5 Å². The number of rotatable bonds is 8. The van der Waals surface area contributed by atoms with E-state index in [4.69, 9.17) is 4.74 Å². The summed E-state index contributed by atoms with van der Waals surface area (Å²) in [5.74, 6) is 0.147. The molecular weight excluding hydrogens is 328 g/mol. The van der Waals surface area contributed by atoms with Gasteiger partial charge >= 0.3 is 0 Å². The lowest BCUT2D eigenvalue weighted by Crippen LogP contribution is -2.45. The van der Waals surface area contributed by atoms with Gasteiger partial charge in [0.15, 0.2) is 0 Å². The Morgan fingerprint density at radius 3 is 2.73 bits per heavy atom. The van der Waals surface area contributed by atoms with Crippen molar-refractivity contribution in [1.82, 2.24) is 19.6 Å². The van der Waals surface area contributed by atoms with Crippen LogP contribution in [0.25, 0.3) is 0 Å². The predicted octanol–water partition coefficient (Wildman–Crippen LogP) is 2.71. The van der Waals surface area contributed by atoms with Crippen LogP contribution in [0.4, 0.5) is 0 Å². The Labute approximate surface area is 157 Å². The summed E-state index contributed by atoms with van der Waals surface area (Å²) in [4.78, 5) is 18.0. The van der Waals surface area contributed by atoms with Crippen molar-refractivity contribution in [3.05, 3.63) is 17.5 Å². The quantitative estimate of drug-likeness (QED) is 0.667. The molecule has 0 unspecified atom stereocenters. The van der Waals surface area contributed by atoms with Crippen molar-refractivity contribution in [2.45, 2.75) is 65.0 Å². The first-order valence-electron chi connectivity index (χ1n) is 10.3. The third kappa shape index (κ3) is 4.86. The molecule has 0 aliphatic carbocycles. The standard InChI is InChI=1S/C20H34N4O2/c1-3-26-15-14-24-19(16-17(2)21-24)20(25)23-12-5-4-8-18(23)9-13-22-10-6-7-11-22/h16,18H,3-15H2,1-2H3/t18-/m1/s1.